The second-order valence-electron chi connectivity index (χ2n) is 9.74. The van der Waals surface area contributed by atoms with Crippen LogP contribution in [0.15, 0.2) is 41.7 Å². The van der Waals surface area contributed by atoms with Gasteiger partial charge in [-0.15, -0.1) is 10.2 Å². The van der Waals surface area contributed by atoms with Gasteiger partial charge in [-0.3, -0.25) is 9.78 Å². The molecule has 1 aliphatic carbocycles. The number of halogens is 4. The van der Waals surface area contributed by atoms with Crippen molar-refractivity contribution >= 4 is 17.7 Å². The Bertz CT molecular complexity index is 1310. The summed E-state index contributed by atoms with van der Waals surface area (Å²) >= 11 is 1.60. The van der Waals surface area contributed by atoms with Crippen LogP contribution in [-0.2, 0) is 13.2 Å². The lowest BCUT2D eigenvalue weighted by molar-refractivity contribution is -0.137. The highest BCUT2D eigenvalue weighted by Crippen LogP contribution is 2.64. The average molecular weight is 535 g/mol. The summed E-state index contributed by atoms with van der Waals surface area (Å²) in [6.45, 7) is 2.64. The molecule has 1 aliphatic heterocycles. The molecule has 3 heterocycles. The zero-order chi connectivity index (χ0) is 26.4. The first kappa shape index (κ1) is 25.7. The van der Waals surface area contributed by atoms with E-state index in [0.717, 1.165) is 61.4 Å². The van der Waals surface area contributed by atoms with E-state index in [-0.39, 0.29) is 17.0 Å². The van der Waals surface area contributed by atoms with E-state index in [1.165, 1.54) is 6.07 Å². The number of primary amides is 1. The third kappa shape index (κ3) is 5.22. The molecule has 7 nitrogen and oxygen atoms in total. The number of amides is 1. The number of nitrogens with two attached hydrogens (primary N) is 1. The molecule has 12 heteroatoms. The number of likely N-dealkylation sites (tertiary alicyclic amines) is 1. The molecule has 5 rings (SSSR count). The van der Waals surface area contributed by atoms with E-state index in [2.05, 4.69) is 20.1 Å². The van der Waals surface area contributed by atoms with Crippen molar-refractivity contribution in [1.82, 2.24) is 24.6 Å². The van der Waals surface area contributed by atoms with Crippen molar-refractivity contribution in [2.45, 2.75) is 36.5 Å². The number of benzene rings is 1. The lowest BCUT2D eigenvalue weighted by Gasteiger charge is -2.16. The van der Waals surface area contributed by atoms with Gasteiger partial charge in [-0.25, -0.2) is 4.39 Å². The van der Waals surface area contributed by atoms with Gasteiger partial charge in [0, 0.05) is 31.1 Å². The van der Waals surface area contributed by atoms with Gasteiger partial charge < -0.3 is 15.2 Å². The molecule has 2 aliphatic rings. The van der Waals surface area contributed by atoms with Crippen LogP contribution in [0.1, 0.15) is 46.8 Å². The Labute approximate surface area is 215 Å². The third-order valence-electron chi connectivity index (χ3n) is 7.32. The van der Waals surface area contributed by atoms with Crippen molar-refractivity contribution in [2.24, 2.45) is 18.2 Å². The Balaban J connectivity index is 1.10. The average Bonchev–Trinajstić information content (AvgIpc) is 3.18. The van der Waals surface area contributed by atoms with Gasteiger partial charge in [-0.2, -0.15) is 13.2 Å². The minimum Gasteiger partial charge on any atom is -0.364 e. The highest BCUT2D eigenvalue weighted by atomic mass is 32.2. The quantitative estimate of drug-likeness (QED) is 0.260. The van der Waals surface area contributed by atoms with Crippen molar-refractivity contribution in [2.75, 3.05) is 25.4 Å². The second-order valence-corrected chi connectivity index (χ2v) is 10.8. The Kier molecular flexibility index (Phi) is 6.73. The molecule has 2 N–H and O–H groups in total. The number of carbonyl (C=O) groups excluding carboxylic acids is 1. The van der Waals surface area contributed by atoms with E-state index in [9.17, 15) is 22.4 Å². The molecular weight excluding hydrogens is 508 g/mol. The van der Waals surface area contributed by atoms with E-state index in [0.29, 0.717) is 17.5 Å². The Morgan fingerprint density at radius 1 is 1.24 bits per heavy atom. The molecule has 0 bridgehead atoms. The SMILES string of the molecule is Cn1c(SCCCN2CC[C@@]3(C[C@H]3c3ccc(C(F)(F)F)cc3F)C2)nnc1-c1ccc(C(N)=O)nc1. The van der Waals surface area contributed by atoms with Gasteiger partial charge in [-0.1, -0.05) is 17.8 Å². The maximum absolute atomic E-state index is 14.5. The fraction of sp³-hybridized carbons (Fsp3) is 0.440. The topological polar surface area (TPSA) is 89.9 Å². The van der Waals surface area contributed by atoms with E-state index < -0.39 is 23.5 Å². The number of carbonyl (C=O) groups is 1. The Hall–Kier alpha value is -2.99. The van der Waals surface area contributed by atoms with Crippen LogP contribution in [0.25, 0.3) is 11.4 Å². The number of hydrogen-bond acceptors (Lipinski definition) is 6. The predicted molar refractivity (Wildman–Crippen MR) is 130 cm³/mol. The zero-order valence-electron chi connectivity index (χ0n) is 20.1. The van der Waals surface area contributed by atoms with Crippen LogP contribution < -0.4 is 5.73 Å². The highest BCUT2D eigenvalue weighted by Gasteiger charge is 2.58. The Morgan fingerprint density at radius 2 is 2.05 bits per heavy atom. The maximum Gasteiger partial charge on any atom is 0.416 e. The summed E-state index contributed by atoms with van der Waals surface area (Å²) < 4.78 is 54.9. The van der Waals surface area contributed by atoms with Crippen LogP contribution in [0.4, 0.5) is 17.6 Å². The molecule has 2 fully saturated rings. The van der Waals surface area contributed by atoms with Crippen LogP contribution in [0.3, 0.4) is 0 Å². The molecule has 0 radical (unpaired) electrons. The van der Waals surface area contributed by atoms with Gasteiger partial charge in [0.2, 0.25) is 0 Å². The number of pyridine rings is 1. The van der Waals surface area contributed by atoms with Crippen LogP contribution in [0.2, 0.25) is 0 Å². The maximum atomic E-state index is 14.5. The minimum atomic E-state index is -4.54. The summed E-state index contributed by atoms with van der Waals surface area (Å²) in [6, 6.07) is 6.21. The van der Waals surface area contributed by atoms with Gasteiger partial charge in [0.1, 0.15) is 11.5 Å². The van der Waals surface area contributed by atoms with Crippen molar-refractivity contribution < 1.29 is 22.4 Å². The summed E-state index contributed by atoms with van der Waals surface area (Å²) in [6.07, 6.45) is -0.317. The van der Waals surface area contributed by atoms with E-state index in [1.807, 2.05) is 11.6 Å². The summed E-state index contributed by atoms with van der Waals surface area (Å²) in [5.41, 5.74) is 5.59. The standard InChI is InChI=1S/C25H26F4N6OS/c1-34-22(15-3-6-20(21(30)36)31-13-15)32-33-23(34)37-10-2-8-35-9-7-24(14-35)12-18(24)17-5-4-16(11-19(17)26)25(27,28)29/h3-6,11,13,18H,2,7-10,12,14H2,1H3,(H2,30,36)/t18-,24+/m0/s1. The number of rotatable bonds is 8. The molecule has 3 aromatic rings. The van der Waals surface area contributed by atoms with Crippen LogP contribution in [0, 0.1) is 11.2 Å². The van der Waals surface area contributed by atoms with Gasteiger partial charge in [0.05, 0.1) is 5.56 Å². The van der Waals surface area contributed by atoms with Gasteiger partial charge in [0.25, 0.3) is 5.91 Å². The number of aromatic nitrogens is 4. The first-order valence-corrected chi connectivity index (χ1v) is 12.9. The van der Waals surface area contributed by atoms with Gasteiger partial charge in [-0.05, 0) is 73.5 Å². The monoisotopic (exact) mass is 534 g/mol. The van der Waals surface area contributed by atoms with Gasteiger partial charge >= 0.3 is 6.18 Å². The molecule has 196 valence electrons. The molecule has 1 amide bonds. The van der Waals surface area contributed by atoms with Crippen LogP contribution in [-0.4, -0.2) is 55.9 Å². The summed E-state index contributed by atoms with van der Waals surface area (Å²) in [5, 5.41) is 9.27. The zero-order valence-corrected chi connectivity index (χ0v) is 20.9. The first-order chi connectivity index (χ1) is 17.6. The van der Waals surface area contributed by atoms with E-state index >= 15 is 0 Å². The molecule has 37 heavy (non-hydrogen) atoms. The number of alkyl halides is 3. The smallest absolute Gasteiger partial charge is 0.364 e. The fourth-order valence-electron chi connectivity index (χ4n) is 5.22. The molecular formula is C25H26F4N6OS. The molecule has 1 aromatic carbocycles. The molecule has 1 spiro atoms. The van der Waals surface area contributed by atoms with Crippen LogP contribution >= 0.6 is 11.8 Å². The largest absolute Gasteiger partial charge is 0.416 e. The number of thioether (sulfide) groups is 1. The lowest BCUT2D eigenvalue weighted by Crippen LogP contribution is -2.23. The van der Waals surface area contributed by atoms with E-state index in [1.54, 1.807) is 30.1 Å². The number of nitrogens with zero attached hydrogens (tertiary/aromatic N) is 5. The first-order valence-electron chi connectivity index (χ1n) is 11.9. The van der Waals surface area contributed by atoms with Crippen molar-refractivity contribution in [1.29, 1.82) is 0 Å². The Morgan fingerprint density at radius 3 is 2.73 bits per heavy atom. The van der Waals surface area contributed by atoms with E-state index in [4.69, 9.17) is 5.73 Å². The third-order valence-corrected chi connectivity index (χ3v) is 8.42. The second kappa shape index (κ2) is 9.71. The molecule has 1 saturated heterocycles. The normalized spacial score (nSPS) is 21.6. The molecule has 1 saturated carbocycles. The van der Waals surface area contributed by atoms with Gasteiger partial charge in [0.15, 0.2) is 11.0 Å². The lowest BCUT2D eigenvalue weighted by atomic mass is 9.97. The molecule has 2 aromatic heterocycles. The summed E-state index contributed by atoms with van der Waals surface area (Å²) in [5.74, 6) is 0.119. The van der Waals surface area contributed by atoms with Crippen LogP contribution in [0.5, 0.6) is 0 Å². The van der Waals surface area contributed by atoms with Crippen molar-refractivity contribution in [3.05, 3.63) is 59.2 Å². The summed E-state index contributed by atoms with van der Waals surface area (Å²) in [7, 11) is 1.87. The predicted octanol–water partition coefficient (Wildman–Crippen LogP) is 4.50. The highest BCUT2D eigenvalue weighted by molar-refractivity contribution is 7.99. The fourth-order valence-corrected chi connectivity index (χ4v) is 6.05. The minimum absolute atomic E-state index is 0.0160. The van der Waals surface area contributed by atoms with Crippen molar-refractivity contribution in [3.63, 3.8) is 0 Å². The molecule has 0 unspecified atom stereocenters. The number of hydrogen-bond donors (Lipinski definition) is 1. The molecule has 2 atom stereocenters. The summed E-state index contributed by atoms with van der Waals surface area (Å²) in [4.78, 5) is 17.6. The van der Waals surface area contributed by atoms with Crippen molar-refractivity contribution in [3.8, 4) is 11.4 Å².